The van der Waals surface area contributed by atoms with Crippen LogP contribution in [0.4, 0.5) is 5.69 Å². The molecule has 3 rings (SSSR count). The van der Waals surface area contributed by atoms with Gasteiger partial charge in [-0.15, -0.1) is 0 Å². The molecule has 2 aromatic carbocycles. The van der Waals surface area contributed by atoms with Crippen LogP contribution < -0.4 is 10.1 Å². The number of aryl methyl sites for hydroxylation is 3. The van der Waals surface area contributed by atoms with E-state index in [1.165, 1.54) is 0 Å². The molecule has 0 aliphatic rings. The lowest BCUT2D eigenvalue weighted by Crippen LogP contribution is -2.24. The maximum absolute atomic E-state index is 12.3. The molecule has 0 saturated heterocycles. The van der Waals surface area contributed by atoms with Crippen LogP contribution in [0, 0.1) is 27.7 Å². The van der Waals surface area contributed by atoms with Gasteiger partial charge in [0.2, 0.25) is 0 Å². The highest BCUT2D eigenvalue weighted by atomic mass is 35.5. The van der Waals surface area contributed by atoms with Gasteiger partial charge in [-0.1, -0.05) is 29.3 Å². The summed E-state index contributed by atoms with van der Waals surface area (Å²) in [5.41, 5.74) is 4.88. The molecule has 0 spiro atoms. The smallest absolute Gasteiger partial charge is 0.344 e. The number of aromatic nitrogens is 2. The number of benzene rings is 2. The summed E-state index contributed by atoms with van der Waals surface area (Å²) >= 11 is 5.90. The number of carbonyl (C=O) groups is 2. The van der Waals surface area contributed by atoms with Crippen molar-refractivity contribution in [2.24, 2.45) is 0 Å². The van der Waals surface area contributed by atoms with E-state index in [2.05, 4.69) is 10.4 Å². The predicted octanol–water partition coefficient (Wildman–Crippen LogP) is 4.32. The lowest BCUT2D eigenvalue weighted by molar-refractivity contribution is -0.149. The van der Waals surface area contributed by atoms with Gasteiger partial charge in [0.15, 0.2) is 13.2 Å². The third-order valence-electron chi connectivity index (χ3n) is 4.68. The lowest BCUT2D eigenvalue weighted by atomic mass is 10.2. The van der Waals surface area contributed by atoms with Crippen LogP contribution in [0.2, 0.25) is 5.02 Å². The highest BCUT2D eigenvalue weighted by Crippen LogP contribution is 2.23. The first-order valence-corrected chi connectivity index (χ1v) is 10.1. The first-order chi connectivity index (χ1) is 14.7. The highest BCUT2D eigenvalue weighted by molar-refractivity contribution is 6.30. The summed E-state index contributed by atoms with van der Waals surface area (Å²) in [4.78, 5) is 24.2. The zero-order chi connectivity index (χ0) is 22.5. The maximum Gasteiger partial charge on any atom is 0.344 e. The Hall–Kier alpha value is -3.32. The van der Waals surface area contributed by atoms with E-state index in [0.717, 1.165) is 22.5 Å². The van der Waals surface area contributed by atoms with Gasteiger partial charge in [0, 0.05) is 5.02 Å². The Kier molecular flexibility index (Phi) is 6.97. The third-order valence-corrected chi connectivity index (χ3v) is 4.92. The maximum atomic E-state index is 12.3. The molecule has 0 atom stereocenters. The number of anilines is 1. The van der Waals surface area contributed by atoms with Crippen LogP contribution in [0.1, 0.15) is 22.5 Å². The number of halogens is 1. The molecule has 31 heavy (non-hydrogen) atoms. The number of nitrogens with one attached hydrogen (secondary N) is 1. The van der Waals surface area contributed by atoms with E-state index in [1.807, 2.05) is 52.0 Å². The predicted molar refractivity (Wildman–Crippen MR) is 119 cm³/mol. The van der Waals surface area contributed by atoms with Crippen molar-refractivity contribution in [3.05, 3.63) is 70.0 Å². The SMILES string of the molecule is Cc1ccc(-n2nc(C)c(NC(=O)COC(=O)COc3ccc(Cl)cc3C)c2C)cc1. The molecule has 0 fully saturated rings. The molecule has 162 valence electrons. The fraction of sp³-hybridized carbons (Fsp3) is 0.261. The van der Waals surface area contributed by atoms with Crippen molar-refractivity contribution in [2.45, 2.75) is 27.7 Å². The molecule has 8 heteroatoms. The molecular formula is C23H24ClN3O4. The first kappa shape index (κ1) is 22.4. The Balaban J connectivity index is 1.54. The number of amides is 1. The summed E-state index contributed by atoms with van der Waals surface area (Å²) in [6, 6.07) is 13.0. The number of hydrogen-bond donors (Lipinski definition) is 1. The minimum absolute atomic E-state index is 0.306. The van der Waals surface area contributed by atoms with Gasteiger partial charge in [0.25, 0.3) is 5.91 Å². The van der Waals surface area contributed by atoms with Crippen molar-refractivity contribution in [2.75, 3.05) is 18.5 Å². The van der Waals surface area contributed by atoms with Crippen molar-refractivity contribution in [1.82, 2.24) is 9.78 Å². The molecule has 1 amide bonds. The van der Waals surface area contributed by atoms with E-state index >= 15 is 0 Å². The molecule has 0 unspecified atom stereocenters. The zero-order valence-electron chi connectivity index (χ0n) is 17.9. The summed E-state index contributed by atoms with van der Waals surface area (Å²) in [5, 5.41) is 7.85. The first-order valence-electron chi connectivity index (χ1n) is 9.72. The molecular weight excluding hydrogens is 418 g/mol. The quantitative estimate of drug-likeness (QED) is 0.552. The van der Waals surface area contributed by atoms with Crippen LogP contribution in [0.15, 0.2) is 42.5 Å². The van der Waals surface area contributed by atoms with Crippen molar-refractivity contribution in [3.63, 3.8) is 0 Å². The van der Waals surface area contributed by atoms with Crippen LogP contribution in [-0.4, -0.2) is 34.9 Å². The van der Waals surface area contributed by atoms with E-state index in [0.29, 0.717) is 22.2 Å². The Labute approximate surface area is 185 Å². The number of nitrogens with zero attached hydrogens (tertiary/aromatic N) is 2. The average molecular weight is 442 g/mol. The van der Waals surface area contributed by atoms with E-state index in [-0.39, 0.29) is 6.61 Å². The van der Waals surface area contributed by atoms with Crippen LogP contribution in [0.25, 0.3) is 5.69 Å². The van der Waals surface area contributed by atoms with Crippen LogP contribution in [-0.2, 0) is 14.3 Å². The second kappa shape index (κ2) is 9.66. The zero-order valence-corrected chi connectivity index (χ0v) is 18.6. The Morgan fingerprint density at radius 1 is 1.03 bits per heavy atom. The normalized spacial score (nSPS) is 10.6. The van der Waals surface area contributed by atoms with E-state index < -0.39 is 18.5 Å². The minimum atomic E-state index is -0.645. The topological polar surface area (TPSA) is 82.5 Å². The van der Waals surface area contributed by atoms with Gasteiger partial charge in [-0.2, -0.15) is 5.10 Å². The highest BCUT2D eigenvalue weighted by Gasteiger charge is 2.16. The van der Waals surface area contributed by atoms with Crippen molar-refractivity contribution in [1.29, 1.82) is 0 Å². The largest absolute Gasteiger partial charge is 0.482 e. The Morgan fingerprint density at radius 2 is 1.74 bits per heavy atom. The molecule has 1 heterocycles. The van der Waals surface area contributed by atoms with Gasteiger partial charge in [-0.25, -0.2) is 9.48 Å². The fourth-order valence-electron chi connectivity index (χ4n) is 3.04. The molecule has 1 N–H and O–H groups in total. The number of esters is 1. The van der Waals surface area contributed by atoms with Crippen molar-refractivity contribution >= 4 is 29.2 Å². The minimum Gasteiger partial charge on any atom is -0.482 e. The molecule has 0 radical (unpaired) electrons. The van der Waals surface area contributed by atoms with E-state index in [9.17, 15) is 9.59 Å². The van der Waals surface area contributed by atoms with E-state index in [4.69, 9.17) is 21.1 Å². The third kappa shape index (κ3) is 5.64. The second-order valence-electron chi connectivity index (χ2n) is 7.20. The lowest BCUT2D eigenvalue weighted by Gasteiger charge is -2.10. The summed E-state index contributed by atoms with van der Waals surface area (Å²) in [7, 11) is 0. The van der Waals surface area contributed by atoms with Crippen LogP contribution >= 0.6 is 11.6 Å². The monoisotopic (exact) mass is 441 g/mol. The van der Waals surface area contributed by atoms with Gasteiger partial charge < -0.3 is 14.8 Å². The van der Waals surface area contributed by atoms with Crippen molar-refractivity contribution in [3.8, 4) is 11.4 Å². The Morgan fingerprint density at radius 3 is 2.42 bits per heavy atom. The van der Waals surface area contributed by atoms with Gasteiger partial charge in [0.05, 0.1) is 22.8 Å². The second-order valence-corrected chi connectivity index (χ2v) is 7.64. The molecule has 0 saturated carbocycles. The van der Waals surface area contributed by atoms with Gasteiger partial charge in [-0.05, 0) is 63.6 Å². The molecule has 1 aromatic heterocycles. The number of carbonyl (C=O) groups excluding carboxylic acids is 2. The van der Waals surface area contributed by atoms with Gasteiger partial charge in [-0.3, -0.25) is 4.79 Å². The Bertz CT molecular complexity index is 1110. The fourth-order valence-corrected chi connectivity index (χ4v) is 3.26. The van der Waals surface area contributed by atoms with Gasteiger partial charge in [0.1, 0.15) is 5.75 Å². The molecule has 0 aliphatic heterocycles. The molecule has 0 aliphatic carbocycles. The van der Waals surface area contributed by atoms with Gasteiger partial charge >= 0.3 is 5.97 Å². The molecule has 3 aromatic rings. The summed E-state index contributed by atoms with van der Waals surface area (Å²) in [6.07, 6.45) is 0. The molecule has 0 bridgehead atoms. The van der Waals surface area contributed by atoms with Crippen LogP contribution in [0.3, 0.4) is 0 Å². The van der Waals surface area contributed by atoms with E-state index in [1.54, 1.807) is 22.9 Å². The summed E-state index contributed by atoms with van der Waals surface area (Å²) in [6.45, 7) is 6.78. The standard InChI is InChI=1S/C23H24ClN3O4/c1-14-5-8-19(9-6-14)27-17(4)23(16(3)26-27)25-21(28)12-31-22(29)13-30-20-10-7-18(24)11-15(20)2/h5-11H,12-13H2,1-4H3,(H,25,28). The van der Waals surface area contributed by atoms with Crippen molar-refractivity contribution < 1.29 is 19.1 Å². The number of hydrogen-bond acceptors (Lipinski definition) is 5. The number of rotatable bonds is 7. The number of ether oxygens (including phenoxy) is 2. The summed E-state index contributed by atoms with van der Waals surface area (Å²) < 4.78 is 12.2. The van der Waals surface area contributed by atoms with Crippen LogP contribution in [0.5, 0.6) is 5.75 Å². The summed E-state index contributed by atoms with van der Waals surface area (Å²) in [5.74, 6) is -0.570. The average Bonchev–Trinajstić information content (AvgIpc) is 3.00. The molecule has 7 nitrogen and oxygen atoms in total.